The summed E-state index contributed by atoms with van der Waals surface area (Å²) in [5.74, 6) is 1.05. The van der Waals surface area contributed by atoms with Gasteiger partial charge in [0.1, 0.15) is 5.75 Å². The molecule has 2 aromatic carbocycles. The molecule has 1 aliphatic rings. The van der Waals surface area contributed by atoms with Crippen molar-refractivity contribution in [1.82, 2.24) is 0 Å². The van der Waals surface area contributed by atoms with E-state index in [-0.39, 0.29) is 0 Å². The Morgan fingerprint density at radius 1 is 1.17 bits per heavy atom. The molecule has 0 atom stereocenters. The van der Waals surface area contributed by atoms with Crippen molar-refractivity contribution in [1.29, 1.82) is 0 Å². The summed E-state index contributed by atoms with van der Waals surface area (Å²) in [6.07, 6.45) is 1.01. The minimum absolute atomic E-state index is 0.573. The monoisotopic (exact) mass is 239 g/mol. The summed E-state index contributed by atoms with van der Waals surface area (Å²) in [5, 5.41) is 0. The Morgan fingerprint density at radius 3 is 2.89 bits per heavy atom. The van der Waals surface area contributed by atoms with Crippen molar-refractivity contribution in [3.63, 3.8) is 0 Å². The van der Waals surface area contributed by atoms with Crippen molar-refractivity contribution in [2.75, 3.05) is 6.61 Å². The molecule has 2 heteroatoms. The lowest BCUT2D eigenvalue weighted by Gasteiger charge is -2.12. The molecule has 0 aliphatic carbocycles. The number of aryl methyl sites for hydroxylation is 1. The highest BCUT2D eigenvalue weighted by molar-refractivity contribution is 5.75. The summed E-state index contributed by atoms with van der Waals surface area (Å²) in [4.78, 5) is 0. The molecule has 0 radical (unpaired) electrons. The van der Waals surface area contributed by atoms with E-state index in [4.69, 9.17) is 10.5 Å². The van der Waals surface area contributed by atoms with Gasteiger partial charge in [-0.3, -0.25) is 0 Å². The van der Waals surface area contributed by atoms with E-state index in [2.05, 4.69) is 43.3 Å². The van der Waals surface area contributed by atoms with Crippen LogP contribution >= 0.6 is 0 Å². The van der Waals surface area contributed by atoms with E-state index >= 15 is 0 Å². The van der Waals surface area contributed by atoms with Gasteiger partial charge in [0.15, 0.2) is 0 Å². The molecular formula is C16H17NO. The Labute approximate surface area is 107 Å². The summed E-state index contributed by atoms with van der Waals surface area (Å²) >= 11 is 0. The van der Waals surface area contributed by atoms with Crippen LogP contribution < -0.4 is 10.5 Å². The van der Waals surface area contributed by atoms with Gasteiger partial charge in [0, 0.05) is 18.5 Å². The Hall–Kier alpha value is -1.80. The number of ether oxygens (including phenoxy) is 1. The average Bonchev–Trinajstić information content (AvgIpc) is 2.87. The number of nitrogens with two attached hydrogens (primary N) is 1. The molecule has 0 aromatic heterocycles. The first-order chi connectivity index (χ1) is 8.79. The third-order valence-electron chi connectivity index (χ3n) is 3.54. The van der Waals surface area contributed by atoms with Crippen LogP contribution in [0.15, 0.2) is 36.4 Å². The van der Waals surface area contributed by atoms with E-state index in [1.165, 1.54) is 22.3 Å². The van der Waals surface area contributed by atoms with Gasteiger partial charge in [-0.1, -0.05) is 30.3 Å². The molecule has 1 heterocycles. The van der Waals surface area contributed by atoms with Crippen molar-refractivity contribution in [2.45, 2.75) is 19.9 Å². The van der Waals surface area contributed by atoms with Crippen LogP contribution in [-0.4, -0.2) is 6.61 Å². The summed E-state index contributed by atoms with van der Waals surface area (Å²) in [6, 6.07) is 12.8. The second-order valence-electron chi connectivity index (χ2n) is 4.75. The van der Waals surface area contributed by atoms with E-state index in [1.807, 2.05) is 0 Å². The van der Waals surface area contributed by atoms with E-state index < -0.39 is 0 Å². The summed E-state index contributed by atoms with van der Waals surface area (Å²) in [5.41, 5.74) is 11.9. The lowest BCUT2D eigenvalue weighted by molar-refractivity contribution is 0.358. The maximum Gasteiger partial charge on any atom is 0.130 e. The Balaban J connectivity index is 2.18. The third-order valence-corrected chi connectivity index (χ3v) is 3.54. The van der Waals surface area contributed by atoms with E-state index in [1.54, 1.807) is 0 Å². The summed E-state index contributed by atoms with van der Waals surface area (Å²) in [7, 11) is 0. The minimum atomic E-state index is 0.573. The summed E-state index contributed by atoms with van der Waals surface area (Å²) in [6.45, 7) is 3.50. The van der Waals surface area contributed by atoms with Crippen LogP contribution in [0.1, 0.15) is 16.7 Å². The van der Waals surface area contributed by atoms with Gasteiger partial charge in [-0.15, -0.1) is 0 Å². The van der Waals surface area contributed by atoms with Gasteiger partial charge >= 0.3 is 0 Å². The highest BCUT2D eigenvalue weighted by Gasteiger charge is 2.17. The molecule has 2 N–H and O–H groups in total. The average molecular weight is 239 g/mol. The van der Waals surface area contributed by atoms with Crippen LogP contribution in [0.4, 0.5) is 0 Å². The summed E-state index contributed by atoms with van der Waals surface area (Å²) < 4.78 is 5.78. The normalized spacial score (nSPS) is 13.2. The first kappa shape index (κ1) is 11.3. The first-order valence-electron chi connectivity index (χ1n) is 6.34. The molecule has 1 aliphatic heterocycles. The number of para-hydroxylation sites is 1. The maximum absolute atomic E-state index is 5.78. The van der Waals surface area contributed by atoms with Crippen LogP contribution in [0.2, 0.25) is 0 Å². The number of benzene rings is 2. The van der Waals surface area contributed by atoms with Gasteiger partial charge < -0.3 is 10.5 Å². The largest absolute Gasteiger partial charge is 0.492 e. The number of rotatable bonds is 2. The lowest BCUT2D eigenvalue weighted by Crippen LogP contribution is -1.97. The molecule has 2 nitrogen and oxygen atoms in total. The first-order valence-corrected chi connectivity index (χ1v) is 6.34. The SMILES string of the molecule is Cc1ccc(CN)cc1-c1cccc2c1OCC2. The second kappa shape index (κ2) is 4.46. The predicted octanol–water partition coefficient (Wildman–Crippen LogP) is 3.06. The van der Waals surface area contributed by atoms with Crippen LogP contribution in [0.25, 0.3) is 11.1 Å². The lowest BCUT2D eigenvalue weighted by atomic mass is 9.95. The molecule has 0 saturated carbocycles. The number of hydrogen-bond donors (Lipinski definition) is 1. The molecule has 3 rings (SSSR count). The molecule has 92 valence electrons. The van der Waals surface area contributed by atoms with E-state index in [9.17, 15) is 0 Å². The number of hydrogen-bond acceptors (Lipinski definition) is 2. The van der Waals surface area contributed by atoms with Crippen LogP contribution in [0.5, 0.6) is 5.75 Å². The Kier molecular flexibility index (Phi) is 2.80. The quantitative estimate of drug-likeness (QED) is 0.874. The van der Waals surface area contributed by atoms with Crippen LogP contribution in [0, 0.1) is 6.92 Å². The molecule has 0 saturated heterocycles. The third kappa shape index (κ3) is 1.79. The zero-order chi connectivity index (χ0) is 12.5. The van der Waals surface area contributed by atoms with Crippen molar-refractivity contribution in [2.24, 2.45) is 5.73 Å². The fourth-order valence-electron chi connectivity index (χ4n) is 2.51. The maximum atomic E-state index is 5.78. The second-order valence-corrected chi connectivity index (χ2v) is 4.75. The predicted molar refractivity (Wildman–Crippen MR) is 73.7 cm³/mol. The highest BCUT2D eigenvalue weighted by atomic mass is 16.5. The molecule has 0 fully saturated rings. The Bertz CT molecular complexity index is 590. The van der Waals surface area contributed by atoms with Gasteiger partial charge in [-0.25, -0.2) is 0 Å². The molecule has 18 heavy (non-hydrogen) atoms. The fourth-order valence-corrected chi connectivity index (χ4v) is 2.51. The van der Waals surface area contributed by atoms with Crippen LogP contribution in [0.3, 0.4) is 0 Å². The minimum Gasteiger partial charge on any atom is -0.492 e. The van der Waals surface area contributed by atoms with Crippen molar-refractivity contribution < 1.29 is 4.74 Å². The Morgan fingerprint density at radius 2 is 2.06 bits per heavy atom. The molecule has 0 amide bonds. The van der Waals surface area contributed by atoms with E-state index in [0.29, 0.717) is 6.54 Å². The zero-order valence-corrected chi connectivity index (χ0v) is 10.6. The van der Waals surface area contributed by atoms with Gasteiger partial charge in [-0.05, 0) is 35.2 Å². The van der Waals surface area contributed by atoms with Crippen molar-refractivity contribution >= 4 is 0 Å². The topological polar surface area (TPSA) is 35.2 Å². The highest BCUT2D eigenvalue weighted by Crippen LogP contribution is 2.38. The van der Waals surface area contributed by atoms with Crippen LogP contribution in [-0.2, 0) is 13.0 Å². The van der Waals surface area contributed by atoms with E-state index in [0.717, 1.165) is 24.3 Å². The smallest absolute Gasteiger partial charge is 0.130 e. The zero-order valence-electron chi connectivity index (χ0n) is 10.6. The number of fused-ring (bicyclic) bond motifs is 1. The molecule has 0 unspecified atom stereocenters. The van der Waals surface area contributed by atoms with Gasteiger partial charge in [0.2, 0.25) is 0 Å². The standard InChI is InChI=1S/C16H17NO/c1-11-5-6-12(10-17)9-15(11)14-4-2-3-13-7-8-18-16(13)14/h2-6,9H,7-8,10,17H2,1H3. The van der Waals surface area contributed by atoms with Gasteiger partial charge in [0.05, 0.1) is 6.61 Å². The van der Waals surface area contributed by atoms with Gasteiger partial charge in [0.25, 0.3) is 0 Å². The molecule has 2 aromatic rings. The fraction of sp³-hybridized carbons (Fsp3) is 0.250. The van der Waals surface area contributed by atoms with Gasteiger partial charge in [-0.2, -0.15) is 0 Å². The van der Waals surface area contributed by atoms with Crippen molar-refractivity contribution in [3.8, 4) is 16.9 Å². The molecule has 0 spiro atoms. The van der Waals surface area contributed by atoms with Crippen molar-refractivity contribution in [3.05, 3.63) is 53.1 Å². The molecule has 0 bridgehead atoms. The molecular weight excluding hydrogens is 222 g/mol.